The highest BCUT2D eigenvalue weighted by atomic mass is 16.2. The van der Waals surface area contributed by atoms with E-state index in [0.717, 1.165) is 25.7 Å². The highest BCUT2D eigenvalue weighted by Crippen LogP contribution is 2.06. The number of Topliss-reactive ketones (excluding diaryl/α,β-unsaturated/α-hetero) is 1. The standard InChI is InChI=1S/C16H28O2/c1-3-5-7-9-11-13-15(17)16(18)14-12-10-8-6-4-2/h11,13H,3-10,12,14H2,1-2H3. The molecular weight excluding hydrogens is 224 g/mol. The minimum absolute atomic E-state index is 0.224. The molecule has 0 aromatic heterocycles. The van der Waals surface area contributed by atoms with Gasteiger partial charge >= 0.3 is 0 Å². The fraction of sp³-hybridized carbons (Fsp3) is 0.750. The Labute approximate surface area is 112 Å². The quantitative estimate of drug-likeness (QED) is 0.288. The van der Waals surface area contributed by atoms with E-state index in [1.807, 2.05) is 6.08 Å². The van der Waals surface area contributed by atoms with Gasteiger partial charge in [0.15, 0.2) is 0 Å². The zero-order valence-corrected chi connectivity index (χ0v) is 12.0. The van der Waals surface area contributed by atoms with Crippen LogP contribution in [0.4, 0.5) is 0 Å². The van der Waals surface area contributed by atoms with Crippen molar-refractivity contribution in [1.29, 1.82) is 0 Å². The third-order valence-corrected chi connectivity index (χ3v) is 3.03. The normalized spacial score (nSPS) is 11.0. The Hall–Kier alpha value is -0.920. The summed E-state index contributed by atoms with van der Waals surface area (Å²) in [4.78, 5) is 23.0. The molecule has 0 rings (SSSR count). The minimum atomic E-state index is -0.318. The molecule has 0 aliphatic rings. The molecule has 0 unspecified atom stereocenters. The number of allylic oxidation sites excluding steroid dienone is 2. The summed E-state index contributed by atoms with van der Waals surface area (Å²) in [6, 6.07) is 0. The van der Waals surface area contributed by atoms with Gasteiger partial charge in [0, 0.05) is 6.42 Å². The van der Waals surface area contributed by atoms with Crippen LogP contribution in [0.15, 0.2) is 12.2 Å². The Balaban J connectivity index is 3.59. The summed E-state index contributed by atoms with van der Waals surface area (Å²) in [5, 5.41) is 0. The van der Waals surface area contributed by atoms with E-state index in [2.05, 4.69) is 13.8 Å². The first-order chi connectivity index (χ1) is 8.72. The van der Waals surface area contributed by atoms with Crippen LogP contribution in [0, 0.1) is 0 Å². The molecule has 0 saturated carbocycles. The molecule has 0 heterocycles. The van der Waals surface area contributed by atoms with E-state index in [1.54, 1.807) is 0 Å². The second-order valence-corrected chi connectivity index (χ2v) is 4.85. The van der Waals surface area contributed by atoms with Crippen molar-refractivity contribution >= 4 is 11.6 Å². The highest BCUT2D eigenvalue weighted by molar-refractivity contribution is 6.41. The molecule has 0 aliphatic carbocycles. The van der Waals surface area contributed by atoms with Crippen molar-refractivity contribution in [3.8, 4) is 0 Å². The predicted molar refractivity (Wildman–Crippen MR) is 76.7 cm³/mol. The average Bonchev–Trinajstić information content (AvgIpc) is 2.37. The molecule has 0 N–H and O–H groups in total. The smallest absolute Gasteiger partial charge is 0.221 e. The molecule has 0 fully saturated rings. The average molecular weight is 252 g/mol. The monoisotopic (exact) mass is 252 g/mol. The van der Waals surface area contributed by atoms with E-state index < -0.39 is 0 Å². The van der Waals surface area contributed by atoms with E-state index >= 15 is 0 Å². The number of rotatable bonds is 12. The van der Waals surface area contributed by atoms with Gasteiger partial charge < -0.3 is 0 Å². The van der Waals surface area contributed by atoms with Crippen LogP contribution in [0.5, 0.6) is 0 Å². The zero-order chi connectivity index (χ0) is 13.6. The summed E-state index contributed by atoms with van der Waals surface area (Å²) in [6.45, 7) is 4.31. The molecule has 0 saturated heterocycles. The maximum Gasteiger partial charge on any atom is 0.221 e. The first kappa shape index (κ1) is 17.1. The Morgan fingerprint density at radius 1 is 0.833 bits per heavy atom. The molecule has 0 bridgehead atoms. The summed E-state index contributed by atoms with van der Waals surface area (Å²) in [7, 11) is 0. The zero-order valence-electron chi connectivity index (χ0n) is 12.0. The van der Waals surface area contributed by atoms with Gasteiger partial charge in [0.05, 0.1) is 0 Å². The van der Waals surface area contributed by atoms with Crippen molar-refractivity contribution in [2.24, 2.45) is 0 Å². The molecule has 0 aromatic carbocycles. The number of carbonyl (C=O) groups excluding carboxylic acids is 2. The molecule has 2 nitrogen and oxygen atoms in total. The largest absolute Gasteiger partial charge is 0.291 e. The Bertz CT molecular complexity index is 254. The van der Waals surface area contributed by atoms with Crippen LogP contribution in [0.3, 0.4) is 0 Å². The summed E-state index contributed by atoms with van der Waals surface area (Å²) in [5.41, 5.74) is 0. The number of hydrogen-bond donors (Lipinski definition) is 0. The van der Waals surface area contributed by atoms with Crippen molar-refractivity contribution in [3.05, 3.63) is 12.2 Å². The van der Waals surface area contributed by atoms with Gasteiger partial charge in [0.25, 0.3) is 0 Å². The van der Waals surface area contributed by atoms with Crippen molar-refractivity contribution < 1.29 is 9.59 Å². The molecule has 0 atom stereocenters. The van der Waals surface area contributed by atoms with Gasteiger partial charge in [-0.05, 0) is 25.3 Å². The topological polar surface area (TPSA) is 34.1 Å². The lowest BCUT2D eigenvalue weighted by Crippen LogP contribution is -2.10. The highest BCUT2D eigenvalue weighted by Gasteiger charge is 2.08. The number of ketones is 2. The van der Waals surface area contributed by atoms with E-state index in [4.69, 9.17) is 0 Å². The van der Waals surface area contributed by atoms with Gasteiger partial charge in [0.1, 0.15) is 0 Å². The maximum absolute atomic E-state index is 11.5. The van der Waals surface area contributed by atoms with Crippen LogP contribution >= 0.6 is 0 Å². The summed E-state index contributed by atoms with van der Waals surface area (Å²) in [6.07, 6.45) is 13.6. The van der Waals surface area contributed by atoms with Gasteiger partial charge in [-0.2, -0.15) is 0 Å². The van der Waals surface area contributed by atoms with Crippen molar-refractivity contribution in [3.63, 3.8) is 0 Å². The lowest BCUT2D eigenvalue weighted by molar-refractivity contribution is -0.133. The third-order valence-electron chi connectivity index (χ3n) is 3.03. The maximum atomic E-state index is 11.5. The van der Waals surface area contributed by atoms with Crippen LogP contribution in [0.1, 0.15) is 78.1 Å². The van der Waals surface area contributed by atoms with Crippen LogP contribution in [0.25, 0.3) is 0 Å². The predicted octanol–water partition coefficient (Wildman–Crippen LogP) is 4.62. The molecule has 0 spiro atoms. The lowest BCUT2D eigenvalue weighted by Gasteiger charge is -1.98. The number of hydrogen-bond acceptors (Lipinski definition) is 2. The van der Waals surface area contributed by atoms with Crippen molar-refractivity contribution in [2.45, 2.75) is 78.1 Å². The molecule has 0 aromatic rings. The van der Waals surface area contributed by atoms with Crippen LogP contribution in [-0.4, -0.2) is 11.6 Å². The van der Waals surface area contributed by atoms with Gasteiger partial charge in [-0.15, -0.1) is 0 Å². The molecule has 18 heavy (non-hydrogen) atoms. The van der Waals surface area contributed by atoms with E-state index in [9.17, 15) is 9.59 Å². The lowest BCUT2D eigenvalue weighted by atomic mass is 10.1. The Morgan fingerprint density at radius 3 is 2.11 bits per heavy atom. The summed E-state index contributed by atoms with van der Waals surface area (Å²) >= 11 is 0. The van der Waals surface area contributed by atoms with Crippen molar-refractivity contribution in [2.75, 3.05) is 0 Å². The fourth-order valence-electron chi connectivity index (χ4n) is 1.81. The second kappa shape index (κ2) is 12.5. The van der Waals surface area contributed by atoms with Crippen molar-refractivity contribution in [1.82, 2.24) is 0 Å². The molecule has 0 amide bonds. The fourth-order valence-corrected chi connectivity index (χ4v) is 1.81. The first-order valence-corrected chi connectivity index (χ1v) is 7.46. The second-order valence-electron chi connectivity index (χ2n) is 4.85. The van der Waals surface area contributed by atoms with Crippen LogP contribution in [-0.2, 0) is 9.59 Å². The van der Waals surface area contributed by atoms with Gasteiger partial charge in [0.2, 0.25) is 11.6 Å². The molecule has 0 radical (unpaired) electrons. The molecule has 2 heteroatoms. The molecule has 0 aliphatic heterocycles. The summed E-state index contributed by atoms with van der Waals surface area (Å²) in [5.74, 6) is -0.541. The van der Waals surface area contributed by atoms with E-state index in [0.29, 0.717) is 6.42 Å². The minimum Gasteiger partial charge on any atom is -0.291 e. The van der Waals surface area contributed by atoms with E-state index in [1.165, 1.54) is 38.2 Å². The van der Waals surface area contributed by atoms with Crippen LogP contribution < -0.4 is 0 Å². The summed E-state index contributed by atoms with van der Waals surface area (Å²) < 4.78 is 0. The SMILES string of the molecule is CCCCCC=CC(=O)C(=O)CCCCCCC. The first-order valence-electron chi connectivity index (χ1n) is 7.46. The Morgan fingerprint density at radius 2 is 1.44 bits per heavy atom. The van der Waals surface area contributed by atoms with Gasteiger partial charge in [-0.25, -0.2) is 0 Å². The molecule has 104 valence electrons. The Kier molecular flexibility index (Phi) is 11.9. The molecular formula is C16H28O2. The van der Waals surface area contributed by atoms with E-state index in [-0.39, 0.29) is 11.6 Å². The number of unbranched alkanes of at least 4 members (excludes halogenated alkanes) is 7. The van der Waals surface area contributed by atoms with Crippen LogP contribution in [0.2, 0.25) is 0 Å². The van der Waals surface area contributed by atoms with Gasteiger partial charge in [-0.3, -0.25) is 9.59 Å². The third kappa shape index (κ3) is 10.2. The number of carbonyl (C=O) groups is 2. The van der Waals surface area contributed by atoms with Gasteiger partial charge in [-0.1, -0.05) is 58.4 Å².